The van der Waals surface area contributed by atoms with E-state index in [1.54, 1.807) is 0 Å². The molecule has 0 spiro atoms. The zero-order chi connectivity index (χ0) is 16.7. The van der Waals surface area contributed by atoms with Crippen LogP contribution in [0.1, 0.15) is 19.4 Å². The number of rotatable bonds is 5. The van der Waals surface area contributed by atoms with E-state index in [1.165, 1.54) is 0 Å². The van der Waals surface area contributed by atoms with E-state index in [4.69, 9.17) is 34.8 Å². The van der Waals surface area contributed by atoms with Crippen molar-refractivity contribution in [3.05, 3.63) is 35.9 Å². The van der Waals surface area contributed by atoms with Crippen LogP contribution < -0.4 is 0 Å². The van der Waals surface area contributed by atoms with Crippen LogP contribution in [0.15, 0.2) is 30.3 Å². The number of aliphatic hydroxyl groups is 2. The van der Waals surface area contributed by atoms with Crippen LogP contribution in [0.4, 0.5) is 0 Å². The summed E-state index contributed by atoms with van der Waals surface area (Å²) >= 11 is 0. The lowest BCUT2D eigenvalue weighted by Crippen LogP contribution is -2.21. The number of hydrogen-bond acceptors (Lipinski definition) is 5. The summed E-state index contributed by atoms with van der Waals surface area (Å²) in [6, 6.07) is 9.65. The molecular weight excluding hydrogens is 280 g/mol. The number of aliphatic carboxylic acids is 2. The molecule has 0 unspecified atom stereocenters. The molecule has 1 aromatic carbocycles. The van der Waals surface area contributed by atoms with Gasteiger partial charge in [0.1, 0.15) is 6.10 Å². The largest absolute Gasteiger partial charge is 0.481 e. The fraction of sp³-hybridized carbons (Fsp3) is 0.429. The minimum absolute atomic E-state index is 0.149. The molecule has 0 atom stereocenters. The molecule has 0 aromatic heterocycles. The van der Waals surface area contributed by atoms with Crippen LogP contribution in [0.5, 0.6) is 0 Å². The van der Waals surface area contributed by atoms with Gasteiger partial charge in [0.2, 0.25) is 0 Å². The zero-order valence-corrected chi connectivity index (χ0v) is 12.1. The number of ether oxygens (including phenoxy) is 1. The number of hydrogen-bond donors (Lipinski definition) is 4. The van der Waals surface area contributed by atoms with Gasteiger partial charge in [0, 0.05) is 13.8 Å². The van der Waals surface area contributed by atoms with Crippen LogP contribution in [0, 0.1) is 0 Å². The highest BCUT2D eigenvalue weighted by Crippen LogP contribution is 2.02. The van der Waals surface area contributed by atoms with Gasteiger partial charge in [-0.2, -0.15) is 0 Å². The summed E-state index contributed by atoms with van der Waals surface area (Å²) in [5.41, 5.74) is 1.04. The number of carboxylic acids is 2. The van der Waals surface area contributed by atoms with Crippen LogP contribution >= 0.6 is 0 Å². The van der Waals surface area contributed by atoms with E-state index in [9.17, 15) is 0 Å². The van der Waals surface area contributed by atoms with E-state index in [0.717, 1.165) is 19.4 Å². The molecule has 0 radical (unpaired) electrons. The van der Waals surface area contributed by atoms with E-state index in [2.05, 4.69) is 0 Å². The van der Waals surface area contributed by atoms with Crippen molar-refractivity contribution in [2.75, 3.05) is 13.2 Å². The average molecular weight is 302 g/mol. The second-order valence-corrected chi connectivity index (χ2v) is 3.82. The predicted octanol–water partition coefficient (Wildman–Crippen LogP) is 0.738. The van der Waals surface area contributed by atoms with Crippen LogP contribution in [0.25, 0.3) is 0 Å². The predicted molar refractivity (Wildman–Crippen MR) is 75.8 cm³/mol. The molecule has 0 fully saturated rings. The summed E-state index contributed by atoms with van der Waals surface area (Å²) in [5, 5.41) is 32.3. The molecule has 0 aliphatic rings. The van der Waals surface area contributed by atoms with Gasteiger partial charge in [-0.05, 0) is 5.56 Å². The lowest BCUT2D eigenvalue weighted by Gasteiger charge is -2.11. The highest BCUT2D eigenvalue weighted by molar-refractivity contribution is 5.63. The second kappa shape index (κ2) is 14.4. The first-order valence-electron chi connectivity index (χ1n) is 6.09. The first-order valence-corrected chi connectivity index (χ1v) is 6.09. The lowest BCUT2D eigenvalue weighted by molar-refractivity contribution is -0.135. The third-order valence-electron chi connectivity index (χ3n) is 1.74. The van der Waals surface area contributed by atoms with E-state index in [-0.39, 0.29) is 13.2 Å². The fourth-order valence-electron chi connectivity index (χ4n) is 0.951. The number of carboxylic acid groups (broad SMARTS) is 2. The summed E-state index contributed by atoms with van der Waals surface area (Å²) in [4.78, 5) is 18.0. The molecule has 0 bridgehead atoms. The quantitative estimate of drug-likeness (QED) is 0.632. The molecule has 7 nitrogen and oxygen atoms in total. The Kier molecular flexibility index (Phi) is 14.7. The minimum Gasteiger partial charge on any atom is -0.481 e. The number of aliphatic hydroxyl groups excluding tert-OH is 2. The summed E-state index contributed by atoms with van der Waals surface area (Å²) in [6.45, 7) is 2.29. The lowest BCUT2D eigenvalue weighted by atomic mass is 10.2. The highest BCUT2D eigenvalue weighted by atomic mass is 16.5. The van der Waals surface area contributed by atoms with Crippen molar-refractivity contribution in [3.8, 4) is 0 Å². The number of carbonyl (C=O) groups is 2. The maximum absolute atomic E-state index is 9.00. The molecule has 0 aliphatic carbocycles. The maximum Gasteiger partial charge on any atom is 0.300 e. The Hall–Kier alpha value is -1.96. The minimum atomic E-state index is -0.833. The molecule has 7 heteroatoms. The van der Waals surface area contributed by atoms with E-state index < -0.39 is 18.0 Å². The van der Waals surface area contributed by atoms with Crippen LogP contribution in [-0.2, 0) is 20.9 Å². The smallest absolute Gasteiger partial charge is 0.300 e. The Balaban J connectivity index is 0. The third kappa shape index (κ3) is 20.5. The van der Waals surface area contributed by atoms with Crippen molar-refractivity contribution >= 4 is 11.9 Å². The summed E-state index contributed by atoms with van der Waals surface area (Å²) < 4.78 is 5.23. The van der Waals surface area contributed by atoms with Crippen LogP contribution in [0.3, 0.4) is 0 Å². The van der Waals surface area contributed by atoms with Crippen molar-refractivity contribution in [2.24, 2.45) is 0 Å². The van der Waals surface area contributed by atoms with Crippen molar-refractivity contribution in [3.63, 3.8) is 0 Å². The Morgan fingerprint density at radius 3 is 1.71 bits per heavy atom. The third-order valence-corrected chi connectivity index (χ3v) is 1.74. The Morgan fingerprint density at radius 1 is 1.00 bits per heavy atom. The summed E-state index contributed by atoms with van der Waals surface area (Å²) in [5.74, 6) is -1.67. The van der Waals surface area contributed by atoms with Gasteiger partial charge in [0.15, 0.2) is 0 Å². The van der Waals surface area contributed by atoms with Crippen molar-refractivity contribution < 1.29 is 34.8 Å². The molecule has 0 saturated carbocycles. The van der Waals surface area contributed by atoms with Crippen molar-refractivity contribution in [1.29, 1.82) is 0 Å². The van der Waals surface area contributed by atoms with E-state index >= 15 is 0 Å². The van der Waals surface area contributed by atoms with Gasteiger partial charge >= 0.3 is 0 Å². The Morgan fingerprint density at radius 2 is 1.38 bits per heavy atom. The monoisotopic (exact) mass is 302 g/mol. The van der Waals surface area contributed by atoms with Crippen LogP contribution in [-0.4, -0.2) is 51.7 Å². The van der Waals surface area contributed by atoms with Crippen molar-refractivity contribution in [2.45, 2.75) is 26.6 Å². The van der Waals surface area contributed by atoms with Gasteiger partial charge in [-0.25, -0.2) is 0 Å². The first kappa shape index (κ1) is 21.3. The molecule has 120 valence electrons. The normalized spacial score (nSPS) is 9.00. The zero-order valence-electron chi connectivity index (χ0n) is 12.1. The standard InChI is InChI=1S/C10H14O3.2C2H4O2/c11-6-10(7-12)13-8-9-4-2-1-3-5-9;2*1-2(3)4/h1-5,10-12H,6-8H2;2*1H3,(H,3,4). The van der Waals surface area contributed by atoms with Gasteiger partial charge < -0.3 is 25.2 Å². The topological polar surface area (TPSA) is 124 Å². The average Bonchev–Trinajstić information content (AvgIpc) is 2.40. The number of benzene rings is 1. The molecule has 4 N–H and O–H groups in total. The fourth-order valence-corrected chi connectivity index (χ4v) is 0.951. The highest BCUT2D eigenvalue weighted by Gasteiger charge is 2.04. The van der Waals surface area contributed by atoms with E-state index in [1.807, 2.05) is 30.3 Å². The Labute approximate surface area is 123 Å². The van der Waals surface area contributed by atoms with Crippen molar-refractivity contribution in [1.82, 2.24) is 0 Å². The SMILES string of the molecule is CC(=O)O.CC(=O)O.OCC(CO)OCc1ccccc1. The molecule has 21 heavy (non-hydrogen) atoms. The van der Waals surface area contributed by atoms with E-state index in [0.29, 0.717) is 6.61 Å². The molecule has 1 rings (SSSR count). The molecular formula is C14H22O7. The molecule has 0 saturated heterocycles. The van der Waals surface area contributed by atoms with Crippen LogP contribution in [0.2, 0.25) is 0 Å². The Bertz CT molecular complexity index is 354. The van der Waals surface area contributed by atoms with Gasteiger partial charge in [-0.1, -0.05) is 30.3 Å². The summed E-state index contributed by atoms with van der Waals surface area (Å²) in [6.07, 6.45) is -0.472. The van der Waals surface area contributed by atoms with Gasteiger partial charge in [0.25, 0.3) is 11.9 Å². The molecule has 0 aliphatic heterocycles. The summed E-state index contributed by atoms with van der Waals surface area (Å²) in [7, 11) is 0. The second-order valence-electron chi connectivity index (χ2n) is 3.82. The molecule has 1 aromatic rings. The first-order chi connectivity index (χ1) is 9.83. The van der Waals surface area contributed by atoms with Gasteiger partial charge in [-0.3, -0.25) is 9.59 Å². The van der Waals surface area contributed by atoms with Gasteiger partial charge in [-0.15, -0.1) is 0 Å². The maximum atomic E-state index is 9.00. The van der Waals surface area contributed by atoms with Gasteiger partial charge in [0.05, 0.1) is 19.8 Å². The molecule has 0 heterocycles. The molecule has 0 amide bonds.